The largest absolute Gasteiger partial charge is 0.453 e. The third-order valence-corrected chi connectivity index (χ3v) is 4.47. The van der Waals surface area contributed by atoms with Crippen LogP contribution in [0.4, 0.5) is 0 Å². The zero-order chi connectivity index (χ0) is 23.6. The van der Waals surface area contributed by atoms with Crippen molar-refractivity contribution in [1.29, 1.82) is 0 Å². The molecule has 3 nitrogen and oxygen atoms in total. The van der Waals surface area contributed by atoms with Gasteiger partial charge in [0.25, 0.3) is 0 Å². The third-order valence-electron chi connectivity index (χ3n) is 4.47. The SMILES string of the molecule is [2H]C([2H])([2H])c1ccc(-c2c(C)ccc3c2oc2ccc(C([2H])(C)C([2H])([2H])[2H])nc23)[n+](C)c1. The minimum Gasteiger partial charge on any atom is -0.453 e. The fraction of sp³-hybridized carbons (Fsp3) is 0.273. The van der Waals surface area contributed by atoms with Gasteiger partial charge in [0.15, 0.2) is 17.4 Å². The van der Waals surface area contributed by atoms with E-state index in [1.807, 2.05) is 19.1 Å². The highest BCUT2D eigenvalue weighted by molar-refractivity contribution is 6.07. The fourth-order valence-electron chi connectivity index (χ4n) is 3.20. The first-order valence-corrected chi connectivity index (χ1v) is 8.06. The molecule has 0 saturated carbocycles. The molecule has 0 amide bonds. The normalized spacial score (nSPS) is 19.2. The molecule has 1 unspecified atom stereocenters. The molecular weight excluding hydrogens is 308 g/mol. The van der Waals surface area contributed by atoms with E-state index < -0.39 is 19.6 Å². The Morgan fingerprint density at radius 3 is 2.84 bits per heavy atom. The molecular formula is C22H23N2O+. The zero-order valence-electron chi connectivity index (χ0n) is 21.3. The first-order chi connectivity index (χ1) is 14.7. The number of hydrogen-bond donors (Lipinski definition) is 0. The smallest absolute Gasteiger partial charge is 0.216 e. The molecule has 1 atom stereocenters. The van der Waals surface area contributed by atoms with Gasteiger partial charge in [0, 0.05) is 32.3 Å². The number of furan rings is 1. The van der Waals surface area contributed by atoms with Crippen molar-refractivity contribution in [2.24, 2.45) is 7.05 Å². The van der Waals surface area contributed by atoms with Crippen LogP contribution in [0.25, 0.3) is 33.3 Å². The lowest BCUT2D eigenvalue weighted by Gasteiger charge is -2.06. The number of hydrogen-bond acceptors (Lipinski definition) is 2. The highest BCUT2D eigenvalue weighted by Crippen LogP contribution is 2.36. The second kappa shape index (κ2) is 5.69. The van der Waals surface area contributed by atoms with E-state index in [4.69, 9.17) is 14.0 Å². The Hall–Kier alpha value is -2.68. The van der Waals surface area contributed by atoms with Crippen LogP contribution in [0.3, 0.4) is 0 Å². The molecule has 3 heterocycles. The highest BCUT2D eigenvalue weighted by atomic mass is 16.3. The van der Waals surface area contributed by atoms with Crippen LogP contribution in [0.5, 0.6) is 0 Å². The summed E-state index contributed by atoms with van der Waals surface area (Å²) in [4.78, 5) is 4.51. The van der Waals surface area contributed by atoms with Crippen LogP contribution in [-0.4, -0.2) is 4.98 Å². The van der Waals surface area contributed by atoms with Gasteiger partial charge in [-0.2, -0.15) is 0 Å². The predicted molar refractivity (Wildman–Crippen MR) is 102 cm³/mol. The molecule has 0 radical (unpaired) electrons. The molecule has 0 spiro atoms. The van der Waals surface area contributed by atoms with Crippen molar-refractivity contribution in [3.05, 3.63) is 59.4 Å². The summed E-state index contributed by atoms with van der Waals surface area (Å²) < 4.78 is 62.3. The molecule has 4 rings (SSSR count). The summed E-state index contributed by atoms with van der Waals surface area (Å²) in [5, 5.41) is 0.698. The molecule has 4 aromatic rings. The lowest BCUT2D eigenvalue weighted by molar-refractivity contribution is -0.660. The molecule has 0 bridgehead atoms. The molecule has 1 aromatic carbocycles. The minimum absolute atomic E-state index is 0.141. The van der Waals surface area contributed by atoms with Crippen molar-refractivity contribution >= 4 is 22.1 Å². The average Bonchev–Trinajstić information content (AvgIpc) is 3.04. The van der Waals surface area contributed by atoms with Gasteiger partial charge in [-0.05, 0) is 49.5 Å². The summed E-state index contributed by atoms with van der Waals surface area (Å²) in [6.07, 6.45) is 1.58. The maximum absolute atomic E-state index is 8.36. The number of benzene rings is 1. The number of rotatable bonds is 2. The quantitative estimate of drug-likeness (QED) is 0.469. The monoisotopic (exact) mass is 338 g/mol. The van der Waals surface area contributed by atoms with Crippen molar-refractivity contribution < 1.29 is 18.6 Å². The summed E-state index contributed by atoms with van der Waals surface area (Å²) in [6, 6.07) is 10.3. The first-order valence-electron chi connectivity index (χ1n) is 11.6. The average molecular weight is 338 g/mol. The van der Waals surface area contributed by atoms with Crippen molar-refractivity contribution in [3.63, 3.8) is 0 Å². The number of pyridine rings is 2. The molecule has 0 N–H and O–H groups in total. The van der Waals surface area contributed by atoms with Crippen LogP contribution in [0.15, 0.2) is 47.0 Å². The van der Waals surface area contributed by atoms with Gasteiger partial charge in [-0.1, -0.05) is 19.8 Å². The van der Waals surface area contributed by atoms with E-state index in [0.29, 0.717) is 22.1 Å². The molecule has 126 valence electrons. The van der Waals surface area contributed by atoms with Crippen LogP contribution < -0.4 is 4.57 Å². The Morgan fingerprint density at radius 1 is 1.20 bits per heavy atom. The molecule has 0 aliphatic carbocycles. The minimum atomic E-state index is -2.53. The molecule has 25 heavy (non-hydrogen) atoms. The van der Waals surface area contributed by atoms with Crippen molar-refractivity contribution in [3.8, 4) is 11.3 Å². The van der Waals surface area contributed by atoms with Gasteiger partial charge in [-0.25, -0.2) is 9.55 Å². The van der Waals surface area contributed by atoms with Crippen molar-refractivity contribution in [2.45, 2.75) is 33.4 Å². The summed E-state index contributed by atoms with van der Waals surface area (Å²) >= 11 is 0. The fourth-order valence-corrected chi connectivity index (χ4v) is 3.20. The molecule has 0 fully saturated rings. The van der Waals surface area contributed by atoms with Crippen molar-refractivity contribution in [1.82, 2.24) is 4.98 Å². The third kappa shape index (κ3) is 2.51. The predicted octanol–water partition coefficient (Wildman–Crippen LogP) is 5.21. The standard InChI is InChI=1S/C22H23N2O/c1-13(2)17-9-11-19-21(23-17)16-8-7-15(4)20(22(16)25-19)18-10-6-14(3)12-24(18)5/h6-13H,1-5H3/q+1/i1D3,3D3,13D. The number of aromatic nitrogens is 2. The molecule has 0 saturated heterocycles. The van der Waals surface area contributed by atoms with E-state index in [2.05, 4.69) is 4.98 Å². The summed E-state index contributed by atoms with van der Waals surface area (Å²) in [5.41, 5.74) is 4.43. The summed E-state index contributed by atoms with van der Waals surface area (Å²) in [7, 11) is 1.78. The maximum atomic E-state index is 8.36. The van der Waals surface area contributed by atoms with Gasteiger partial charge in [0.1, 0.15) is 12.6 Å². The lowest BCUT2D eigenvalue weighted by atomic mass is 10.0. The molecule has 3 aromatic heterocycles. The lowest BCUT2D eigenvalue weighted by Crippen LogP contribution is -2.31. The Balaban J connectivity index is 1.97. The summed E-state index contributed by atoms with van der Waals surface area (Å²) in [5.74, 6) is -1.87. The van der Waals surface area contributed by atoms with Gasteiger partial charge in [-0.15, -0.1) is 0 Å². The second-order valence-corrected chi connectivity index (χ2v) is 6.32. The van der Waals surface area contributed by atoms with Crippen molar-refractivity contribution in [2.75, 3.05) is 0 Å². The van der Waals surface area contributed by atoms with Crippen LogP contribution in [0, 0.1) is 13.8 Å². The van der Waals surface area contributed by atoms with Crippen LogP contribution in [0.2, 0.25) is 0 Å². The first kappa shape index (κ1) is 9.71. The Kier molecular flexibility index (Phi) is 2.21. The topological polar surface area (TPSA) is 29.9 Å². The summed E-state index contributed by atoms with van der Waals surface area (Å²) in [6.45, 7) is -1.47. The van der Waals surface area contributed by atoms with E-state index in [-0.39, 0.29) is 11.3 Å². The highest BCUT2D eigenvalue weighted by Gasteiger charge is 2.21. The van der Waals surface area contributed by atoms with E-state index in [1.54, 1.807) is 36.0 Å². The molecule has 0 aliphatic rings. The van der Waals surface area contributed by atoms with Crippen LogP contribution >= 0.6 is 0 Å². The maximum Gasteiger partial charge on any atom is 0.216 e. The van der Waals surface area contributed by atoms with E-state index in [9.17, 15) is 0 Å². The second-order valence-electron chi connectivity index (χ2n) is 6.32. The number of aryl methyl sites for hydroxylation is 3. The Bertz CT molecular complexity index is 1350. The van der Waals surface area contributed by atoms with Gasteiger partial charge in [0.2, 0.25) is 5.69 Å². The van der Waals surface area contributed by atoms with Gasteiger partial charge in [-0.3, -0.25) is 0 Å². The number of fused-ring (bicyclic) bond motifs is 3. The zero-order valence-corrected chi connectivity index (χ0v) is 14.3. The van der Waals surface area contributed by atoms with E-state index >= 15 is 0 Å². The van der Waals surface area contributed by atoms with Crippen LogP contribution in [0.1, 0.15) is 46.1 Å². The molecule has 0 aliphatic heterocycles. The van der Waals surface area contributed by atoms with Gasteiger partial charge in [0.05, 0.1) is 5.56 Å². The van der Waals surface area contributed by atoms with Crippen LogP contribution in [-0.2, 0) is 7.05 Å². The number of nitrogens with zero attached hydrogens (tertiary/aromatic N) is 2. The van der Waals surface area contributed by atoms with Gasteiger partial charge >= 0.3 is 0 Å². The Morgan fingerprint density at radius 2 is 2.08 bits per heavy atom. The van der Waals surface area contributed by atoms with Gasteiger partial charge < -0.3 is 4.42 Å². The Labute approximate surface area is 157 Å². The van der Waals surface area contributed by atoms with E-state index in [1.165, 1.54) is 13.0 Å². The van der Waals surface area contributed by atoms with E-state index in [0.717, 1.165) is 16.8 Å². The molecule has 3 heteroatoms.